The van der Waals surface area contributed by atoms with Gasteiger partial charge in [0.1, 0.15) is 5.76 Å². The van der Waals surface area contributed by atoms with Gasteiger partial charge in [-0.05, 0) is 52.7 Å². The molecule has 0 saturated heterocycles. The molecule has 1 aromatic carbocycles. The summed E-state index contributed by atoms with van der Waals surface area (Å²) in [6, 6.07) is 12.4. The molecule has 0 aliphatic carbocycles. The van der Waals surface area contributed by atoms with Gasteiger partial charge in [-0.15, -0.1) is 0 Å². The van der Waals surface area contributed by atoms with Crippen LogP contribution in [-0.4, -0.2) is 6.54 Å². The van der Waals surface area contributed by atoms with Crippen LogP contribution in [0.3, 0.4) is 0 Å². The number of hydrogen-bond acceptors (Lipinski definition) is 2. The highest BCUT2D eigenvalue weighted by Gasteiger charge is 2.16. The van der Waals surface area contributed by atoms with Crippen LogP contribution in [0.15, 0.2) is 50.0 Å². The fourth-order valence-corrected chi connectivity index (χ4v) is 2.68. The van der Waals surface area contributed by atoms with Crippen LogP contribution >= 0.6 is 31.9 Å². The van der Waals surface area contributed by atoms with Crippen LogP contribution in [0, 0.1) is 0 Å². The molecule has 1 unspecified atom stereocenters. The zero-order valence-corrected chi connectivity index (χ0v) is 13.3. The molecule has 1 aromatic heterocycles. The van der Waals surface area contributed by atoms with E-state index >= 15 is 0 Å². The number of rotatable bonds is 5. The lowest BCUT2D eigenvalue weighted by atomic mass is 10.0. The Hall–Kier alpha value is -0.580. The Labute approximate surface area is 124 Å². The predicted molar refractivity (Wildman–Crippen MR) is 80.7 cm³/mol. The van der Waals surface area contributed by atoms with E-state index in [2.05, 4.69) is 62.3 Å². The van der Waals surface area contributed by atoms with Gasteiger partial charge in [0, 0.05) is 4.47 Å². The maximum absolute atomic E-state index is 5.65. The van der Waals surface area contributed by atoms with E-state index in [1.165, 1.54) is 5.56 Å². The number of nitrogens with one attached hydrogen (secondary N) is 1. The first-order valence-electron chi connectivity index (χ1n) is 5.92. The SMILES string of the molecule is CCNC(Cc1ccccc1Br)c1ccc(Br)o1. The zero-order chi connectivity index (χ0) is 13.0. The molecule has 4 heteroatoms. The quantitative estimate of drug-likeness (QED) is 0.822. The summed E-state index contributed by atoms with van der Waals surface area (Å²) in [5, 5.41) is 3.45. The molecule has 18 heavy (non-hydrogen) atoms. The monoisotopic (exact) mass is 371 g/mol. The summed E-state index contributed by atoms with van der Waals surface area (Å²) in [7, 11) is 0. The van der Waals surface area contributed by atoms with Crippen LogP contribution in [0.2, 0.25) is 0 Å². The molecule has 2 nitrogen and oxygen atoms in total. The molecule has 1 heterocycles. The van der Waals surface area contributed by atoms with Crippen molar-refractivity contribution in [3.8, 4) is 0 Å². The fraction of sp³-hybridized carbons (Fsp3) is 0.286. The van der Waals surface area contributed by atoms with Crippen molar-refractivity contribution in [2.45, 2.75) is 19.4 Å². The Morgan fingerprint density at radius 1 is 1.17 bits per heavy atom. The third-order valence-electron chi connectivity index (χ3n) is 2.77. The van der Waals surface area contributed by atoms with Gasteiger partial charge in [-0.1, -0.05) is 41.1 Å². The van der Waals surface area contributed by atoms with Gasteiger partial charge in [0.2, 0.25) is 0 Å². The van der Waals surface area contributed by atoms with Crippen LogP contribution in [0.1, 0.15) is 24.3 Å². The minimum Gasteiger partial charge on any atom is -0.453 e. The molecule has 0 radical (unpaired) electrons. The molecule has 0 spiro atoms. The Balaban J connectivity index is 2.19. The van der Waals surface area contributed by atoms with Crippen LogP contribution in [0.5, 0.6) is 0 Å². The highest BCUT2D eigenvalue weighted by molar-refractivity contribution is 9.10. The summed E-state index contributed by atoms with van der Waals surface area (Å²) in [6.45, 7) is 3.01. The Morgan fingerprint density at radius 3 is 2.56 bits per heavy atom. The largest absolute Gasteiger partial charge is 0.453 e. The molecule has 96 valence electrons. The van der Waals surface area contributed by atoms with Crippen molar-refractivity contribution in [2.24, 2.45) is 0 Å². The Bertz CT molecular complexity index is 510. The standard InChI is InChI=1S/C14H15Br2NO/c1-2-17-12(13-7-8-14(16)18-13)9-10-5-3-4-6-11(10)15/h3-8,12,17H,2,9H2,1H3. The van der Waals surface area contributed by atoms with Crippen molar-refractivity contribution in [1.82, 2.24) is 5.32 Å². The number of halogens is 2. The summed E-state index contributed by atoms with van der Waals surface area (Å²) in [4.78, 5) is 0. The van der Waals surface area contributed by atoms with Gasteiger partial charge in [0.25, 0.3) is 0 Å². The minimum atomic E-state index is 0.194. The number of hydrogen-bond donors (Lipinski definition) is 1. The first kappa shape index (κ1) is 13.8. The number of furan rings is 1. The first-order valence-corrected chi connectivity index (χ1v) is 7.51. The van der Waals surface area contributed by atoms with Crippen LogP contribution in [-0.2, 0) is 6.42 Å². The highest BCUT2D eigenvalue weighted by Crippen LogP contribution is 2.26. The predicted octanol–water partition coefficient (Wildman–Crippen LogP) is 4.70. The number of benzene rings is 1. The third-order valence-corrected chi connectivity index (χ3v) is 3.97. The van der Waals surface area contributed by atoms with Gasteiger partial charge in [-0.2, -0.15) is 0 Å². The van der Waals surface area contributed by atoms with Crippen molar-refractivity contribution in [2.75, 3.05) is 6.54 Å². The van der Waals surface area contributed by atoms with Gasteiger partial charge < -0.3 is 9.73 Å². The zero-order valence-electron chi connectivity index (χ0n) is 10.1. The topological polar surface area (TPSA) is 25.2 Å². The van der Waals surface area contributed by atoms with Gasteiger partial charge in [-0.3, -0.25) is 0 Å². The summed E-state index contributed by atoms with van der Waals surface area (Å²) in [5.41, 5.74) is 1.27. The van der Waals surface area contributed by atoms with Crippen molar-refractivity contribution in [3.05, 3.63) is 56.9 Å². The smallest absolute Gasteiger partial charge is 0.169 e. The maximum atomic E-state index is 5.65. The normalized spacial score (nSPS) is 12.6. The molecule has 1 atom stereocenters. The summed E-state index contributed by atoms with van der Waals surface area (Å²) in [6.07, 6.45) is 0.898. The minimum absolute atomic E-state index is 0.194. The lowest BCUT2D eigenvalue weighted by Gasteiger charge is -2.16. The summed E-state index contributed by atoms with van der Waals surface area (Å²) < 4.78 is 7.56. The van der Waals surface area contributed by atoms with E-state index in [0.717, 1.165) is 27.9 Å². The highest BCUT2D eigenvalue weighted by atomic mass is 79.9. The molecular weight excluding hydrogens is 358 g/mol. The second-order valence-corrected chi connectivity index (χ2v) is 5.68. The van der Waals surface area contributed by atoms with Crippen molar-refractivity contribution in [1.29, 1.82) is 0 Å². The Kier molecular flexibility index (Phi) is 5.03. The van der Waals surface area contributed by atoms with E-state index in [9.17, 15) is 0 Å². The summed E-state index contributed by atoms with van der Waals surface area (Å²) >= 11 is 6.93. The van der Waals surface area contributed by atoms with Gasteiger partial charge in [0.15, 0.2) is 4.67 Å². The summed E-state index contributed by atoms with van der Waals surface area (Å²) in [5.74, 6) is 0.958. The van der Waals surface area contributed by atoms with E-state index in [4.69, 9.17) is 4.42 Å². The Morgan fingerprint density at radius 2 is 1.94 bits per heavy atom. The van der Waals surface area contributed by atoms with E-state index in [1.54, 1.807) is 0 Å². The van der Waals surface area contributed by atoms with Crippen molar-refractivity contribution >= 4 is 31.9 Å². The molecule has 2 rings (SSSR count). The molecular formula is C14H15Br2NO. The van der Waals surface area contributed by atoms with E-state index in [-0.39, 0.29) is 6.04 Å². The van der Waals surface area contributed by atoms with E-state index in [1.807, 2.05) is 18.2 Å². The van der Waals surface area contributed by atoms with Crippen LogP contribution in [0.25, 0.3) is 0 Å². The number of likely N-dealkylation sites (N-methyl/N-ethyl adjacent to an activating group) is 1. The van der Waals surface area contributed by atoms with E-state index in [0.29, 0.717) is 0 Å². The lowest BCUT2D eigenvalue weighted by molar-refractivity contribution is 0.405. The van der Waals surface area contributed by atoms with Crippen molar-refractivity contribution in [3.63, 3.8) is 0 Å². The average Bonchev–Trinajstić information content (AvgIpc) is 2.78. The molecule has 0 aliphatic rings. The van der Waals surface area contributed by atoms with Gasteiger partial charge >= 0.3 is 0 Å². The second kappa shape index (κ2) is 6.55. The maximum Gasteiger partial charge on any atom is 0.169 e. The molecule has 0 saturated carbocycles. The molecule has 0 amide bonds. The molecule has 0 bridgehead atoms. The molecule has 2 aromatic rings. The lowest BCUT2D eigenvalue weighted by Crippen LogP contribution is -2.22. The van der Waals surface area contributed by atoms with Crippen LogP contribution in [0.4, 0.5) is 0 Å². The third kappa shape index (κ3) is 3.46. The second-order valence-electron chi connectivity index (χ2n) is 4.05. The van der Waals surface area contributed by atoms with Crippen molar-refractivity contribution < 1.29 is 4.42 Å². The molecule has 0 fully saturated rings. The molecule has 1 N–H and O–H groups in total. The fourth-order valence-electron chi connectivity index (χ4n) is 1.92. The molecule has 0 aliphatic heterocycles. The van der Waals surface area contributed by atoms with Gasteiger partial charge in [-0.25, -0.2) is 0 Å². The first-order chi connectivity index (χ1) is 8.70. The average molecular weight is 373 g/mol. The van der Waals surface area contributed by atoms with Gasteiger partial charge in [0.05, 0.1) is 6.04 Å². The van der Waals surface area contributed by atoms with E-state index < -0.39 is 0 Å². The van der Waals surface area contributed by atoms with Crippen LogP contribution < -0.4 is 5.32 Å².